The van der Waals surface area contributed by atoms with Crippen molar-refractivity contribution in [3.05, 3.63) is 95.4 Å². The number of hydrogen-bond acceptors (Lipinski definition) is 11. The SMILES string of the molecule is O=C1CCC(N2Cc3cc(CN4CCC(N5CCN(c6ccc(Nc7ncc8nc(Nc9ccccc9)n(C9CCCC9)c8n7)cc6)CC5)CC4)cc(F)c3C2=O)C(=O)N1. The Kier molecular flexibility index (Phi) is 10.4. The predicted molar refractivity (Wildman–Crippen MR) is 227 cm³/mol. The monoisotopic (exact) mass is 811 g/mol. The van der Waals surface area contributed by atoms with Gasteiger partial charge in [0.05, 0.1) is 11.8 Å². The summed E-state index contributed by atoms with van der Waals surface area (Å²) in [6.45, 7) is 6.55. The molecule has 1 saturated carbocycles. The van der Waals surface area contributed by atoms with Gasteiger partial charge in [0.15, 0.2) is 5.65 Å². The maximum absolute atomic E-state index is 15.3. The van der Waals surface area contributed by atoms with Gasteiger partial charge in [0.1, 0.15) is 17.4 Å². The number of piperazine rings is 1. The van der Waals surface area contributed by atoms with Crippen molar-refractivity contribution in [3.63, 3.8) is 0 Å². The summed E-state index contributed by atoms with van der Waals surface area (Å²) in [7, 11) is 0. The summed E-state index contributed by atoms with van der Waals surface area (Å²) >= 11 is 0. The molecule has 3 saturated heterocycles. The molecule has 0 radical (unpaired) electrons. The average Bonchev–Trinajstić information content (AvgIpc) is 4.00. The van der Waals surface area contributed by atoms with Gasteiger partial charge >= 0.3 is 0 Å². The van der Waals surface area contributed by atoms with Gasteiger partial charge in [-0.1, -0.05) is 37.1 Å². The van der Waals surface area contributed by atoms with Gasteiger partial charge in [-0.2, -0.15) is 4.98 Å². The molecule has 14 nitrogen and oxygen atoms in total. The van der Waals surface area contributed by atoms with Crippen LogP contribution in [0.3, 0.4) is 0 Å². The third kappa shape index (κ3) is 7.67. The van der Waals surface area contributed by atoms with Crippen molar-refractivity contribution in [1.29, 1.82) is 0 Å². The van der Waals surface area contributed by atoms with E-state index in [1.807, 2.05) is 42.6 Å². The summed E-state index contributed by atoms with van der Waals surface area (Å²) in [5.41, 5.74) is 6.24. The van der Waals surface area contributed by atoms with E-state index >= 15 is 4.39 Å². The van der Waals surface area contributed by atoms with Crippen LogP contribution in [0.25, 0.3) is 11.2 Å². The number of halogens is 1. The Morgan fingerprint density at radius 1 is 0.783 bits per heavy atom. The molecule has 4 aliphatic heterocycles. The van der Waals surface area contributed by atoms with Crippen LogP contribution in [0, 0.1) is 5.82 Å². The first-order valence-corrected chi connectivity index (χ1v) is 21.4. The number of nitrogens with one attached hydrogen (secondary N) is 3. The van der Waals surface area contributed by atoms with Crippen molar-refractivity contribution in [1.82, 2.24) is 39.5 Å². The number of para-hydroxylation sites is 1. The zero-order chi connectivity index (χ0) is 40.7. The van der Waals surface area contributed by atoms with Crippen molar-refractivity contribution in [2.75, 3.05) is 54.8 Å². The van der Waals surface area contributed by atoms with Gasteiger partial charge in [-0.25, -0.2) is 14.4 Å². The van der Waals surface area contributed by atoms with Gasteiger partial charge in [0.25, 0.3) is 5.91 Å². The number of carbonyl (C=O) groups excluding carboxylic acids is 3. The molecule has 5 aromatic rings. The summed E-state index contributed by atoms with van der Waals surface area (Å²) < 4.78 is 17.6. The summed E-state index contributed by atoms with van der Waals surface area (Å²) in [6, 6.07) is 22.2. The molecule has 0 spiro atoms. The number of carbonyl (C=O) groups is 3. The van der Waals surface area contributed by atoms with Crippen molar-refractivity contribution in [3.8, 4) is 0 Å². The normalized spacial score (nSPS) is 20.9. The number of amides is 3. The van der Waals surface area contributed by atoms with Crippen LogP contribution in [0.1, 0.15) is 78.9 Å². The van der Waals surface area contributed by atoms with Gasteiger partial charge in [0, 0.05) is 74.8 Å². The summed E-state index contributed by atoms with van der Waals surface area (Å²) in [5, 5.41) is 9.26. The van der Waals surface area contributed by atoms with Crippen molar-refractivity contribution >= 4 is 57.8 Å². The first-order valence-electron chi connectivity index (χ1n) is 21.4. The Balaban J connectivity index is 0.715. The van der Waals surface area contributed by atoms with Crippen molar-refractivity contribution in [2.45, 2.75) is 82.6 Å². The van der Waals surface area contributed by atoms with E-state index in [0.29, 0.717) is 30.1 Å². The van der Waals surface area contributed by atoms with E-state index in [-0.39, 0.29) is 30.9 Å². The smallest absolute Gasteiger partial charge is 0.258 e. The number of piperidine rings is 2. The number of anilines is 5. The quantitative estimate of drug-likeness (QED) is 0.141. The van der Waals surface area contributed by atoms with E-state index in [4.69, 9.17) is 9.97 Å². The van der Waals surface area contributed by atoms with Gasteiger partial charge in [-0.05, 0) is 98.8 Å². The van der Waals surface area contributed by atoms with Crippen LogP contribution >= 0.6 is 0 Å². The van der Waals surface area contributed by atoms with Gasteiger partial charge in [-0.15, -0.1) is 0 Å². The molecule has 4 fully saturated rings. The Hall–Kier alpha value is -5.93. The average molecular weight is 812 g/mol. The second kappa shape index (κ2) is 16.3. The van der Waals surface area contributed by atoms with Crippen LogP contribution in [0.5, 0.6) is 0 Å². The number of fused-ring (bicyclic) bond motifs is 2. The van der Waals surface area contributed by atoms with Gasteiger partial charge in [-0.3, -0.25) is 34.1 Å². The molecule has 3 aromatic carbocycles. The molecule has 10 rings (SSSR count). The molecular formula is C45H50FN11O3. The fraction of sp³-hybridized carbons (Fsp3) is 0.422. The maximum atomic E-state index is 15.3. The highest BCUT2D eigenvalue weighted by Gasteiger charge is 2.41. The highest BCUT2D eigenvalue weighted by Crippen LogP contribution is 2.36. The van der Waals surface area contributed by atoms with E-state index in [1.165, 1.54) is 29.5 Å². The number of rotatable bonds is 10. The molecule has 1 aliphatic carbocycles. The second-order valence-corrected chi connectivity index (χ2v) is 16.9. The van der Waals surface area contributed by atoms with Crippen LogP contribution in [-0.4, -0.2) is 103 Å². The lowest BCUT2D eigenvalue weighted by Gasteiger charge is -2.43. The third-order valence-corrected chi connectivity index (χ3v) is 13.1. The lowest BCUT2D eigenvalue weighted by Crippen LogP contribution is -2.53. The van der Waals surface area contributed by atoms with E-state index in [0.717, 1.165) is 99.0 Å². The largest absolute Gasteiger partial charge is 0.369 e. The first kappa shape index (κ1) is 38.3. The summed E-state index contributed by atoms with van der Waals surface area (Å²) in [5.74, 6) is -0.496. The van der Waals surface area contributed by atoms with Crippen LogP contribution < -0.4 is 20.9 Å². The van der Waals surface area contributed by atoms with E-state index < -0.39 is 23.7 Å². The lowest BCUT2D eigenvalue weighted by atomic mass is 10.0. The fourth-order valence-electron chi connectivity index (χ4n) is 9.94. The molecule has 3 amide bonds. The Labute approximate surface area is 348 Å². The number of hydrogen-bond donors (Lipinski definition) is 3. The summed E-state index contributed by atoms with van der Waals surface area (Å²) in [6.07, 6.45) is 8.97. The number of benzene rings is 3. The van der Waals surface area contributed by atoms with Crippen LogP contribution in [0.4, 0.5) is 33.3 Å². The zero-order valence-corrected chi connectivity index (χ0v) is 33.7. The molecular weight excluding hydrogens is 762 g/mol. The predicted octanol–water partition coefficient (Wildman–Crippen LogP) is 6.12. The minimum Gasteiger partial charge on any atom is -0.369 e. The molecule has 5 aliphatic rings. The lowest BCUT2D eigenvalue weighted by molar-refractivity contribution is -0.136. The maximum Gasteiger partial charge on any atom is 0.258 e. The van der Waals surface area contributed by atoms with E-state index in [2.05, 4.69) is 64.5 Å². The van der Waals surface area contributed by atoms with Gasteiger partial charge in [0.2, 0.25) is 23.7 Å². The number of imide groups is 1. The molecule has 310 valence electrons. The molecule has 15 heteroatoms. The molecule has 1 atom stereocenters. The highest BCUT2D eigenvalue weighted by molar-refractivity contribution is 6.05. The van der Waals surface area contributed by atoms with Crippen molar-refractivity contribution < 1.29 is 18.8 Å². The topological polar surface area (TPSA) is 144 Å². The zero-order valence-electron chi connectivity index (χ0n) is 33.7. The Bertz CT molecular complexity index is 2400. The standard InChI is InChI=1S/C45H50FN11O3/c46-36-25-29(24-30-28-56(43(60)40(30)36)38-14-15-39(58)51-42(38)59)27-53-18-16-34(17-19-53)55-22-20-54(21-23-55)33-12-10-32(11-13-33)48-44-47-26-37-41(52-44)57(35-8-4-5-9-35)45(50-37)49-31-6-2-1-3-7-31/h1-3,6-7,10-13,24-26,34-35,38H,4-5,8-9,14-23,27-28H2,(H,49,50)(H,47,48,52)(H,51,58,59). The van der Waals surface area contributed by atoms with E-state index in [9.17, 15) is 14.4 Å². The number of nitrogens with zero attached hydrogens (tertiary/aromatic N) is 8. The summed E-state index contributed by atoms with van der Waals surface area (Å²) in [4.78, 5) is 60.5. The molecule has 6 heterocycles. The molecule has 60 heavy (non-hydrogen) atoms. The second-order valence-electron chi connectivity index (χ2n) is 16.9. The Morgan fingerprint density at radius 3 is 2.28 bits per heavy atom. The number of imidazole rings is 1. The number of likely N-dealkylation sites (tertiary alicyclic amines) is 1. The molecule has 1 unspecified atom stereocenters. The Morgan fingerprint density at radius 2 is 1.53 bits per heavy atom. The van der Waals surface area contributed by atoms with Crippen molar-refractivity contribution in [2.24, 2.45) is 0 Å². The molecule has 3 N–H and O–H groups in total. The van der Waals surface area contributed by atoms with Crippen LogP contribution in [0.15, 0.2) is 72.9 Å². The first-order chi connectivity index (χ1) is 29.3. The van der Waals surface area contributed by atoms with E-state index in [1.54, 1.807) is 0 Å². The van der Waals surface area contributed by atoms with Crippen LogP contribution in [0.2, 0.25) is 0 Å². The highest BCUT2D eigenvalue weighted by atomic mass is 19.1. The van der Waals surface area contributed by atoms with Crippen LogP contribution in [-0.2, 0) is 22.7 Å². The van der Waals surface area contributed by atoms with Gasteiger partial charge < -0.3 is 20.4 Å². The molecule has 2 aromatic heterocycles. The number of aromatic nitrogens is 4. The fourth-order valence-corrected chi connectivity index (χ4v) is 9.94. The third-order valence-electron chi connectivity index (χ3n) is 13.1. The molecule has 0 bridgehead atoms. The minimum atomic E-state index is -0.756. The minimum absolute atomic E-state index is 0.0478.